The van der Waals surface area contributed by atoms with Gasteiger partial charge in [-0.2, -0.15) is 0 Å². The van der Waals surface area contributed by atoms with Crippen LogP contribution in [-0.4, -0.2) is 15.8 Å². The largest absolute Gasteiger partial charge is 0.460 e. The molecule has 0 aliphatic rings. The molecule has 0 heterocycles. The first kappa shape index (κ1) is 18.2. The molecular formula is C18H22O3S. The number of ether oxygens (including phenoxy) is 1. The summed E-state index contributed by atoms with van der Waals surface area (Å²) < 4.78 is 4.35. The van der Waals surface area contributed by atoms with Crippen LogP contribution in [0.1, 0.15) is 32.8 Å². The van der Waals surface area contributed by atoms with Gasteiger partial charge in [0.2, 0.25) is 0 Å². The number of rotatable bonds is 7. The molecule has 0 saturated carbocycles. The minimum Gasteiger partial charge on any atom is -0.460 e. The number of thioether (sulfide) groups is 1. The molecule has 0 radical (unpaired) electrons. The lowest BCUT2D eigenvalue weighted by molar-refractivity contribution is -0.146. The fourth-order valence-corrected chi connectivity index (χ4v) is 2.80. The zero-order valence-corrected chi connectivity index (χ0v) is 14.1. The number of hydrogen-bond acceptors (Lipinski definition) is 4. The molecule has 0 fully saturated rings. The van der Waals surface area contributed by atoms with Crippen LogP contribution < -0.4 is 0 Å². The summed E-state index contributed by atoms with van der Waals surface area (Å²) in [5.41, 5.74) is 1.74. The topological polar surface area (TPSA) is 43.4 Å². The molecule has 0 aliphatic heterocycles. The van der Waals surface area contributed by atoms with Crippen LogP contribution in [0.2, 0.25) is 0 Å². The van der Waals surface area contributed by atoms with Gasteiger partial charge in [0.05, 0.1) is 0 Å². The van der Waals surface area contributed by atoms with Crippen molar-refractivity contribution in [3.63, 3.8) is 0 Å². The van der Waals surface area contributed by atoms with E-state index < -0.39 is 10.7 Å². The molecule has 0 amide bonds. The Morgan fingerprint density at radius 1 is 1.32 bits per heavy atom. The van der Waals surface area contributed by atoms with E-state index in [1.807, 2.05) is 37.3 Å². The second kappa shape index (κ2) is 8.59. The summed E-state index contributed by atoms with van der Waals surface area (Å²) in [6.07, 6.45) is 3.75. The van der Waals surface area contributed by atoms with E-state index in [0.29, 0.717) is 6.42 Å². The number of benzene rings is 1. The summed E-state index contributed by atoms with van der Waals surface area (Å²) in [5, 5.41) is -0.0488. The molecule has 118 valence electrons. The molecule has 1 rings (SSSR count). The van der Waals surface area contributed by atoms with E-state index in [2.05, 4.69) is 6.58 Å². The molecule has 0 aromatic heterocycles. The lowest BCUT2D eigenvalue weighted by atomic mass is 10.1. The van der Waals surface area contributed by atoms with Crippen molar-refractivity contribution in [1.82, 2.24) is 0 Å². The van der Waals surface area contributed by atoms with Crippen molar-refractivity contribution in [2.75, 3.05) is 0 Å². The third kappa shape index (κ3) is 5.53. The van der Waals surface area contributed by atoms with E-state index in [0.717, 1.165) is 22.9 Å². The van der Waals surface area contributed by atoms with Gasteiger partial charge in [-0.25, -0.2) is 0 Å². The smallest absolute Gasteiger partial charge is 0.326 e. The Hall–Kier alpha value is -1.81. The minimum absolute atomic E-state index is 0.0488. The summed E-state index contributed by atoms with van der Waals surface area (Å²) in [7, 11) is 0. The van der Waals surface area contributed by atoms with Crippen LogP contribution in [0.15, 0.2) is 54.6 Å². The Morgan fingerprint density at radius 2 is 1.95 bits per heavy atom. The fourth-order valence-electron chi connectivity index (χ4n) is 1.80. The van der Waals surface area contributed by atoms with Crippen LogP contribution >= 0.6 is 11.8 Å². The van der Waals surface area contributed by atoms with Crippen LogP contribution in [0.4, 0.5) is 0 Å². The first-order valence-electron chi connectivity index (χ1n) is 7.16. The SMILES string of the molecule is C=C/C(C)=C/[C@@](C)(SC(=O)CC)C(=O)OCc1ccccc1. The van der Waals surface area contributed by atoms with E-state index in [-0.39, 0.29) is 11.7 Å². The van der Waals surface area contributed by atoms with Crippen molar-refractivity contribution in [1.29, 1.82) is 0 Å². The van der Waals surface area contributed by atoms with Crippen molar-refractivity contribution >= 4 is 22.8 Å². The molecule has 0 aliphatic carbocycles. The average Bonchev–Trinajstić information content (AvgIpc) is 2.53. The van der Waals surface area contributed by atoms with Crippen molar-refractivity contribution in [2.45, 2.75) is 38.5 Å². The standard InChI is InChI=1S/C18H22O3S/c1-5-14(3)12-18(4,22-16(19)6-2)17(20)21-13-15-10-8-7-9-11-15/h5,7-12H,1,6,13H2,2-4H3/b14-12+/t18-/m1/s1. The zero-order valence-electron chi connectivity index (χ0n) is 13.3. The fraction of sp³-hybridized carbons (Fsp3) is 0.333. The molecule has 4 heteroatoms. The monoisotopic (exact) mass is 318 g/mol. The Labute approximate surface area is 136 Å². The quantitative estimate of drug-likeness (QED) is 0.555. The van der Waals surface area contributed by atoms with E-state index in [4.69, 9.17) is 4.74 Å². The van der Waals surface area contributed by atoms with Crippen molar-refractivity contribution in [2.24, 2.45) is 0 Å². The Kier molecular flexibility index (Phi) is 7.12. The average molecular weight is 318 g/mol. The van der Waals surface area contributed by atoms with Gasteiger partial charge >= 0.3 is 5.97 Å². The van der Waals surface area contributed by atoms with Crippen LogP contribution in [0.3, 0.4) is 0 Å². The minimum atomic E-state index is -1.04. The van der Waals surface area contributed by atoms with Crippen LogP contribution in [0.5, 0.6) is 0 Å². The molecule has 0 unspecified atom stereocenters. The molecule has 0 saturated heterocycles. The predicted octanol–water partition coefficient (Wildman–Crippen LogP) is 4.29. The van der Waals surface area contributed by atoms with Crippen LogP contribution in [0.25, 0.3) is 0 Å². The van der Waals surface area contributed by atoms with Gasteiger partial charge in [-0.15, -0.1) is 0 Å². The van der Waals surface area contributed by atoms with Gasteiger partial charge < -0.3 is 4.74 Å². The zero-order chi connectivity index (χ0) is 16.6. The molecule has 22 heavy (non-hydrogen) atoms. The van der Waals surface area contributed by atoms with Gasteiger partial charge in [-0.1, -0.05) is 73.3 Å². The molecule has 0 N–H and O–H groups in total. The highest BCUT2D eigenvalue weighted by Crippen LogP contribution is 2.31. The number of carbonyl (C=O) groups excluding carboxylic acids is 2. The molecule has 1 aromatic carbocycles. The maximum Gasteiger partial charge on any atom is 0.326 e. The second-order valence-electron chi connectivity index (χ2n) is 5.09. The molecule has 0 spiro atoms. The highest BCUT2D eigenvalue weighted by atomic mass is 32.2. The Balaban J connectivity index is 2.87. The maximum absolute atomic E-state index is 12.5. The molecular weight excluding hydrogens is 296 g/mol. The highest BCUT2D eigenvalue weighted by molar-refractivity contribution is 8.15. The Bertz CT molecular complexity index is 563. The third-order valence-electron chi connectivity index (χ3n) is 3.06. The van der Waals surface area contributed by atoms with Gasteiger partial charge in [0.1, 0.15) is 11.4 Å². The molecule has 3 nitrogen and oxygen atoms in total. The van der Waals surface area contributed by atoms with Gasteiger partial charge in [-0.05, 0) is 19.4 Å². The first-order chi connectivity index (χ1) is 10.4. The van der Waals surface area contributed by atoms with Crippen LogP contribution in [-0.2, 0) is 20.9 Å². The summed E-state index contributed by atoms with van der Waals surface area (Å²) in [6, 6.07) is 9.46. The summed E-state index contributed by atoms with van der Waals surface area (Å²) in [5.74, 6) is -0.427. The summed E-state index contributed by atoms with van der Waals surface area (Å²) in [4.78, 5) is 24.2. The molecule has 1 atom stereocenters. The van der Waals surface area contributed by atoms with Crippen molar-refractivity contribution < 1.29 is 14.3 Å². The van der Waals surface area contributed by atoms with Gasteiger partial charge in [0, 0.05) is 6.42 Å². The van der Waals surface area contributed by atoms with Gasteiger partial charge in [-0.3, -0.25) is 9.59 Å². The summed E-state index contributed by atoms with van der Waals surface area (Å²) >= 11 is 0.996. The molecule has 0 bridgehead atoms. The van der Waals surface area contributed by atoms with Gasteiger partial charge in [0.25, 0.3) is 0 Å². The predicted molar refractivity (Wildman–Crippen MR) is 91.5 cm³/mol. The van der Waals surface area contributed by atoms with E-state index >= 15 is 0 Å². The third-order valence-corrected chi connectivity index (χ3v) is 4.28. The van der Waals surface area contributed by atoms with E-state index in [1.165, 1.54) is 0 Å². The number of allylic oxidation sites excluding steroid dienone is 2. The summed E-state index contributed by atoms with van der Waals surface area (Å²) in [6.45, 7) is 9.19. The number of hydrogen-bond donors (Lipinski definition) is 0. The first-order valence-corrected chi connectivity index (χ1v) is 7.97. The maximum atomic E-state index is 12.5. The highest BCUT2D eigenvalue weighted by Gasteiger charge is 2.35. The number of carbonyl (C=O) groups is 2. The van der Waals surface area contributed by atoms with Crippen LogP contribution in [0, 0.1) is 0 Å². The lowest BCUT2D eigenvalue weighted by Crippen LogP contribution is -2.33. The van der Waals surface area contributed by atoms with Gasteiger partial charge in [0.15, 0.2) is 5.12 Å². The normalized spacial score (nSPS) is 14.0. The number of esters is 1. The van der Waals surface area contributed by atoms with Crippen molar-refractivity contribution in [3.8, 4) is 0 Å². The Morgan fingerprint density at radius 3 is 2.50 bits per heavy atom. The van der Waals surface area contributed by atoms with E-state index in [1.54, 1.807) is 26.0 Å². The van der Waals surface area contributed by atoms with Crippen molar-refractivity contribution in [3.05, 3.63) is 60.2 Å². The lowest BCUT2D eigenvalue weighted by Gasteiger charge is -2.23. The second-order valence-corrected chi connectivity index (χ2v) is 6.60. The molecule has 1 aromatic rings. The van der Waals surface area contributed by atoms with E-state index in [9.17, 15) is 9.59 Å².